The number of nitrogen functional groups attached to an aromatic ring is 1. The molecule has 4 N–H and O–H groups in total. The number of carbonyl (C=O) groups excluding carboxylic acids is 1. The predicted octanol–water partition coefficient (Wildman–Crippen LogP) is 1.58. The standard InChI is InChI=1S/C11H11ClN4O/c12-10-8(2-1-3-9(10)13)11(17)14-4-7-5-15-16-6-7/h1-3,5-6H,4,13H2,(H,14,17)(H,15,16). The number of hydrogen-bond donors (Lipinski definition) is 3. The molecule has 88 valence electrons. The average Bonchev–Trinajstić information content (AvgIpc) is 2.82. The fraction of sp³-hybridized carbons (Fsp3) is 0.0909. The van der Waals surface area contributed by atoms with Gasteiger partial charge < -0.3 is 11.1 Å². The van der Waals surface area contributed by atoms with Crippen molar-refractivity contribution in [1.82, 2.24) is 15.5 Å². The third kappa shape index (κ3) is 2.57. The third-order valence-corrected chi connectivity index (χ3v) is 2.70. The van der Waals surface area contributed by atoms with E-state index in [2.05, 4.69) is 15.5 Å². The second-order valence-electron chi connectivity index (χ2n) is 3.50. The van der Waals surface area contributed by atoms with Gasteiger partial charge in [-0.05, 0) is 12.1 Å². The largest absolute Gasteiger partial charge is 0.398 e. The van der Waals surface area contributed by atoms with Crippen molar-refractivity contribution in [1.29, 1.82) is 0 Å². The van der Waals surface area contributed by atoms with Crippen LogP contribution in [0, 0.1) is 0 Å². The van der Waals surface area contributed by atoms with Crippen LogP contribution in [0.3, 0.4) is 0 Å². The molecule has 1 aromatic carbocycles. The lowest BCUT2D eigenvalue weighted by Crippen LogP contribution is -2.23. The molecule has 0 saturated heterocycles. The minimum atomic E-state index is -0.261. The van der Waals surface area contributed by atoms with Crippen LogP contribution in [-0.4, -0.2) is 16.1 Å². The zero-order chi connectivity index (χ0) is 12.3. The smallest absolute Gasteiger partial charge is 0.253 e. The lowest BCUT2D eigenvalue weighted by Gasteiger charge is -2.06. The van der Waals surface area contributed by atoms with E-state index in [1.165, 1.54) is 0 Å². The molecule has 0 bridgehead atoms. The summed E-state index contributed by atoms with van der Waals surface area (Å²) in [6.45, 7) is 0.389. The number of aromatic nitrogens is 2. The highest BCUT2D eigenvalue weighted by molar-refractivity contribution is 6.36. The molecule has 1 heterocycles. The van der Waals surface area contributed by atoms with Gasteiger partial charge in [-0.3, -0.25) is 9.89 Å². The number of H-pyrrole nitrogens is 1. The van der Waals surface area contributed by atoms with E-state index in [0.29, 0.717) is 17.8 Å². The molecule has 0 atom stereocenters. The van der Waals surface area contributed by atoms with Crippen molar-refractivity contribution in [2.24, 2.45) is 0 Å². The number of halogens is 1. The first kappa shape index (κ1) is 11.5. The number of nitrogens with two attached hydrogens (primary N) is 1. The molecule has 6 heteroatoms. The average molecular weight is 251 g/mol. The van der Waals surface area contributed by atoms with E-state index >= 15 is 0 Å². The minimum absolute atomic E-state index is 0.261. The maximum Gasteiger partial charge on any atom is 0.253 e. The molecule has 0 fully saturated rings. The molecular formula is C11H11ClN4O. The summed E-state index contributed by atoms with van der Waals surface area (Å²) < 4.78 is 0. The summed E-state index contributed by atoms with van der Waals surface area (Å²) in [6, 6.07) is 4.96. The highest BCUT2D eigenvalue weighted by atomic mass is 35.5. The van der Waals surface area contributed by atoms with Crippen molar-refractivity contribution in [3.05, 3.63) is 46.7 Å². The number of benzene rings is 1. The molecule has 0 saturated carbocycles. The first-order chi connectivity index (χ1) is 8.18. The number of rotatable bonds is 3. The van der Waals surface area contributed by atoms with Crippen LogP contribution in [0.4, 0.5) is 5.69 Å². The number of aromatic amines is 1. The van der Waals surface area contributed by atoms with E-state index in [9.17, 15) is 4.79 Å². The molecule has 2 rings (SSSR count). The molecule has 0 aliphatic carbocycles. The molecule has 0 aliphatic rings. The van der Waals surface area contributed by atoms with E-state index in [1.807, 2.05) is 0 Å². The monoisotopic (exact) mass is 250 g/mol. The summed E-state index contributed by atoms with van der Waals surface area (Å²) in [7, 11) is 0. The molecule has 2 aromatic rings. The molecule has 1 aromatic heterocycles. The van der Waals surface area contributed by atoms with E-state index in [1.54, 1.807) is 30.6 Å². The van der Waals surface area contributed by atoms with Gasteiger partial charge in [0.05, 0.1) is 22.5 Å². The van der Waals surface area contributed by atoms with E-state index in [4.69, 9.17) is 17.3 Å². The molecule has 0 spiro atoms. The summed E-state index contributed by atoms with van der Waals surface area (Å²) in [5, 5.41) is 9.45. The summed E-state index contributed by atoms with van der Waals surface area (Å²) >= 11 is 5.94. The van der Waals surface area contributed by atoms with Crippen LogP contribution in [0.2, 0.25) is 5.02 Å². The van der Waals surface area contributed by atoms with Crippen molar-refractivity contribution in [3.63, 3.8) is 0 Å². The number of nitrogens with one attached hydrogen (secondary N) is 2. The molecule has 5 nitrogen and oxygen atoms in total. The lowest BCUT2D eigenvalue weighted by molar-refractivity contribution is 0.0951. The summed E-state index contributed by atoms with van der Waals surface area (Å²) in [4.78, 5) is 11.8. The molecule has 0 aliphatic heterocycles. The summed E-state index contributed by atoms with van der Waals surface area (Å²) in [5.74, 6) is -0.261. The Kier molecular flexibility index (Phi) is 3.30. The van der Waals surface area contributed by atoms with Crippen molar-refractivity contribution in [3.8, 4) is 0 Å². The quantitative estimate of drug-likeness (QED) is 0.723. The SMILES string of the molecule is Nc1cccc(C(=O)NCc2cn[nH]c2)c1Cl. The number of carbonyl (C=O) groups is 1. The van der Waals surface area contributed by atoms with Gasteiger partial charge in [-0.1, -0.05) is 17.7 Å². The Balaban J connectivity index is 2.07. The van der Waals surface area contributed by atoms with E-state index in [0.717, 1.165) is 5.56 Å². The predicted molar refractivity (Wildman–Crippen MR) is 65.6 cm³/mol. The van der Waals surface area contributed by atoms with Crippen LogP contribution < -0.4 is 11.1 Å². The van der Waals surface area contributed by atoms with Crippen LogP contribution in [0.1, 0.15) is 15.9 Å². The Morgan fingerprint density at radius 2 is 2.35 bits per heavy atom. The van der Waals surface area contributed by atoms with Gasteiger partial charge in [0.1, 0.15) is 0 Å². The molecule has 17 heavy (non-hydrogen) atoms. The van der Waals surface area contributed by atoms with Gasteiger partial charge >= 0.3 is 0 Å². The maximum atomic E-state index is 11.8. The summed E-state index contributed by atoms with van der Waals surface area (Å²) in [6.07, 6.45) is 3.35. The molecular weight excluding hydrogens is 240 g/mol. The van der Waals surface area contributed by atoms with Crippen molar-refractivity contribution >= 4 is 23.2 Å². The first-order valence-electron chi connectivity index (χ1n) is 4.98. The Morgan fingerprint density at radius 1 is 1.53 bits per heavy atom. The van der Waals surface area contributed by atoms with Crippen LogP contribution in [0.15, 0.2) is 30.6 Å². The Morgan fingerprint density at radius 3 is 3.06 bits per heavy atom. The highest BCUT2D eigenvalue weighted by Crippen LogP contribution is 2.22. The van der Waals surface area contributed by atoms with Crippen molar-refractivity contribution in [2.75, 3.05) is 5.73 Å². The Hall–Kier alpha value is -2.01. The Labute approximate surface area is 103 Å². The van der Waals surface area contributed by atoms with Gasteiger partial charge in [0.2, 0.25) is 0 Å². The van der Waals surface area contributed by atoms with Crippen LogP contribution >= 0.6 is 11.6 Å². The number of amides is 1. The fourth-order valence-corrected chi connectivity index (χ4v) is 1.59. The van der Waals surface area contributed by atoms with Crippen LogP contribution in [0.5, 0.6) is 0 Å². The van der Waals surface area contributed by atoms with E-state index < -0.39 is 0 Å². The third-order valence-electron chi connectivity index (χ3n) is 2.28. The maximum absolute atomic E-state index is 11.8. The van der Waals surface area contributed by atoms with Crippen LogP contribution in [-0.2, 0) is 6.54 Å². The second kappa shape index (κ2) is 4.88. The second-order valence-corrected chi connectivity index (χ2v) is 3.88. The van der Waals surface area contributed by atoms with Gasteiger partial charge in [-0.25, -0.2) is 0 Å². The number of nitrogens with zero attached hydrogens (tertiary/aromatic N) is 1. The van der Waals surface area contributed by atoms with Crippen molar-refractivity contribution < 1.29 is 4.79 Å². The molecule has 1 amide bonds. The van der Waals surface area contributed by atoms with Gasteiger partial charge in [0, 0.05) is 18.3 Å². The minimum Gasteiger partial charge on any atom is -0.398 e. The zero-order valence-corrected chi connectivity index (χ0v) is 9.66. The van der Waals surface area contributed by atoms with Gasteiger partial charge in [0.15, 0.2) is 0 Å². The fourth-order valence-electron chi connectivity index (χ4n) is 1.38. The first-order valence-corrected chi connectivity index (χ1v) is 5.36. The number of hydrogen-bond acceptors (Lipinski definition) is 3. The Bertz CT molecular complexity index is 524. The van der Waals surface area contributed by atoms with Gasteiger partial charge in [-0.15, -0.1) is 0 Å². The van der Waals surface area contributed by atoms with E-state index in [-0.39, 0.29) is 10.9 Å². The number of anilines is 1. The topological polar surface area (TPSA) is 83.8 Å². The van der Waals surface area contributed by atoms with Gasteiger partial charge in [0.25, 0.3) is 5.91 Å². The molecule has 0 unspecified atom stereocenters. The summed E-state index contributed by atoms with van der Waals surface area (Å²) in [5.41, 5.74) is 7.27. The zero-order valence-electron chi connectivity index (χ0n) is 8.90. The molecule has 0 radical (unpaired) electrons. The highest BCUT2D eigenvalue weighted by Gasteiger charge is 2.11. The van der Waals surface area contributed by atoms with Crippen LogP contribution in [0.25, 0.3) is 0 Å². The lowest BCUT2D eigenvalue weighted by atomic mass is 10.2. The van der Waals surface area contributed by atoms with Crippen molar-refractivity contribution in [2.45, 2.75) is 6.54 Å². The van der Waals surface area contributed by atoms with Gasteiger partial charge in [-0.2, -0.15) is 5.10 Å². The normalized spacial score (nSPS) is 10.2.